The Balaban J connectivity index is 1.74. The molecule has 0 spiro atoms. The smallest absolute Gasteiger partial charge is 0.222 e. The summed E-state index contributed by atoms with van der Waals surface area (Å²) in [7, 11) is -3.58. The van der Waals surface area contributed by atoms with E-state index in [1.54, 1.807) is 6.07 Å². The summed E-state index contributed by atoms with van der Waals surface area (Å²) in [5, 5.41) is 3.17. The molecule has 0 aliphatic heterocycles. The molecule has 0 saturated carbocycles. The molecular weight excluding hydrogens is 506 g/mol. The van der Waals surface area contributed by atoms with Gasteiger partial charge in [-0.05, 0) is 65.3 Å². The molecule has 1 aromatic heterocycles. The van der Waals surface area contributed by atoms with Gasteiger partial charge in [-0.25, -0.2) is 17.8 Å². The summed E-state index contributed by atoms with van der Waals surface area (Å²) in [4.78, 5) is 8.24. The summed E-state index contributed by atoms with van der Waals surface area (Å²) in [5.41, 5.74) is 9.36. The zero-order valence-electron chi connectivity index (χ0n) is 15.9. The minimum Gasteiger partial charge on any atom is -0.370 e. The molecule has 29 heavy (non-hydrogen) atoms. The summed E-state index contributed by atoms with van der Waals surface area (Å²) in [6.45, 7) is 2.50. The number of nitrogens with zero attached hydrogens (tertiary/aromatic N) is 2. The highest BCUT2D eigenvalue weighted by Gasteiger charge is 2.14. The van der Waals surface area contributed by atoms with Gasteiger partial charge in [0, 0.05) is 28.0 Å². The lowest BCUT2D eigenvalue weighted by molar-refractivity contribution is 0.569. The van der Waals surface area contributed by atoms with Crippen molar-refractivity contribution in [2.45, 2.75) is 18.2 Å². The Hall–Kier alpha value is -2.27. The molecule has 6 nitrogen and oxygen atoms in total. The van der Waals surface area contributed by atoms with Crippen LogP contribution < -0.4 is 11.1 Å². The van der Waals surface area contributed by atoms with Crippen LogP contribution in [0.15, 0.2) is 47.4 Å². The molecule has 3 N–H and O–H groups in total. The Kier molecular flexibility index (Phi) is 6.37. The third-order valence-electron chi connectivity index (χ3n) is 4.40. The second-order valence-electron chi connectivity index (χ2n) is 6.62. The van der Waals surface area contributed by atoms with E-state index in [-0.39, 0.29) is 10.8 Å². The molecule has 0 atom stereocenters. The molecule has 1 heterocycles. The van der Waals surface area contributed by atoms with Crippen molar-refractivity contribution in [3.8, 4) is 11.3 Å². The summed E-state index contributed by atoms with van der Waals surface area (Å²) in [6.07, 6.45) is 1.47. The number of anilines is 2. The molecule has 0 amide bonds. The number of aromatic nitrogens is 2. The molecule has 0 aliphatic rings. The van der Waals surface area contributed by atoms with E-state index in [1.807, 2.05) is 31.2 Å². The molecule has 0 unspecified atom stereocenters. The van der Waals surface area contributed by atoms with Crippen molar-refractivity contribution >= 4 is 44.2 Å². The van der Waals surface area contributed by atoms with Crippen molar-refractivity contribution in [2.24, 2.45) is 0 Å². The van der Waals surface area contributed by atoms with Crippen LogP contribution in [0.25, 0.3) is 11.3 Å². The lowest BCUT2D eigenvalue weighted by Crippen LogP contribution is -2.09. The van der Waals surface area contributed by atoms with Crippen molar-refractivity contribution in [3.63, 3.8) is 0 Å². The van der Waals surface area contributed by atoms with E-state index in [9.17, 15) is 12.8 Å². The molecule has 0 bridgehead atoms. The van der Waals surface area contributed by atoms with Crippen LogP contribution >= 0.6 is 22.6 Å². The third-order valence-corrected chi connectivity index (χ3v) is 6.70. The molecule has 152 valence electrons. The second-order valence-corrected chi connectivity index (χ2v) is 9.77. The maximum atomic E-state index is 14.0. The fourth-order valence-electron chi connectivity index (χ4n) is 2.91. The molecule has 0 radical (unpaired) electrons. The van der Waals surface area contributed by atoms with Crippen LogP contribution in [0.5, 0.6) is 0 Å². The maximum Gasteiger partial charge on any atom is 0.222 e. The fourth-order valence-corrected chi connectivity index (χ4v) is 4.14. The van der Waals surface area contributed by atoms with Crippen molar-refractivity contribution < 1.29 is 12.8 Å². The van der Waals surface area contributed by atoms with E-state index in [0.717, 1.165) is 26.6 Å². The van der Waals surface area contributed by atoms with E-state index < -0.39 is 15.7 Å². The van der Waals surface area contributed by atoms with Gasteiger partial charge in [0.1, 0.15) is 16.5 Å². The fraction of sp³-hybridized carbons (Fsp3) is 0.200. The van der Waals surface area contributed by atoms with Gasteiger partial charge in [-0.1, -0.05) is 18.2 Å². The van der Waals surface area contributed by atoms with Gasteiger partial charge in [0.15, 0.2) is 9.84 Å². The molecule has 3 aromatic rings. The Bertz CT molecular complexity index is 1170. The van der Waals surface area contributed by atoms with E-state index in [4.69, 9.17) is 5.73 Å². The number of rotatable bonds is 6. The number of hydrogen-bond acceptors (Lipinski definition) is 6. The highest BCUT2D eigenvalue weighted by molar-refractivity contribution is 14.1. The van der Waals surface area contributed by atoms with Crippen LogP contribution in [-0.2, 0) is 16.3 Å². The molecule has 0 aliphatic carbocycles. The zero-order chi connectivity index (χ0) is 21.2. The summed E-state index contributed by atoms with van der Waals surface area (Å²) >= 11 is 2.27. The van der Waals surface area contributed by atoms with Gasteiger partial charge in [-0.15, -0.1) is 0 Å². The van der Waals surface area contributed by atoms with E-state index in [2.05, 4.69) is 37.9 Å². The number of hydrogen-bond donors (Lipinski definition) is 2. The largest absolute Gasteiger partial charge is 0.370 e. The van der Waals surface area contributed by atoms with Crippen LogP contribution in [0.2, 0.25) is 0 Å². The Morgan fingerprint density at radius 3 is 2.62 bits per heavy atom. The summed E-state index contributed by atoms with van der Waals surface area (Å²) in [6, 6.07) is 11.9. The second kappa shape index (κ2) is 8.62. The van der Waals surface area contributed by atoms with Gasteiger partial charge in [0.2, 0.25) is 5.95 Å². The van der Waals surface area contributed by atoms with Crippen molar-refractivity contribution in [3.05, 3.63) is 63.0 Å². The first kappa shape index (κ1) is 21.4. The van der Waals surface area contributed by atoms with Gasteiger partial charge in [0.05, 0.1) is 5.69 Å². The highest BCUT2D eigenvalue weighted by Crippen LogP contribution is 2.27. The lowest BCUT2D eigenvalue weighted by atomic mass is 10.1. The number of nitrogen functional groups attached to an aromatic ring is 1. The number of sulfone groups is 1. The number of nitrogens with two attached hydrogens (primary N) is 1. The first-order valence-electron chi connectivity index (χ1n) is 8.77. The van der Waals surface area contributed by atoms with Crippen LogP contribution in [0, 0.1) is 16.3 Å². The molecule has 9 heteroatoms. The molecule has 3 rings (SSSR count). The minimum atomic E-state index is -3.58. The third kappa shape index (κ3) is 5.21. The SMILES string of the molecule is Cc1c(I)cccc1-c1cc(NCCc2ccc(S(C)(=O)=O)c(F)c2)nc(N)n1. The van der Waals surface area contributed by atoms with Crippen LogP contribution in [0.3, 0.4) is 0 Å². The topological polar surface area (TPSA) is 98.0 Å². The van der Waals surface area contributed by atoms with Crippen molar-refractivity contribution in [1.82, 2.24) is 9.97 Å². The van der Waals surface area contributed by atoms with Gasteiger partial charge in [-0.3, -0.25) is 0 Å². The number of nitrogens with one attached hydrogen (secondary N) is 1. The summed E-state index contributed by atoms with van der Waals surface area (Å²) in [5.74, 6) is -0.0153. The Morgan fingerprint density at radius 1 is 1.17 bits per heavy atom. The van der Waals surface area contributed by atoms with Crippen molar-refractivity contribution in [1.29, 1.82) is 0 Å². The maximum absolute atomic E-state index is 14.0. The minimum absolute atomic E-state index is 0.159. The van der Waals surface area contributed by atoms with Gasteiger partial charge >= 0.3 is 0 Å². The van der Waals surface area contributed by atoms with Gasteiger partial charge in [-0.2, -0.15) is 4.98 Å². The van der Waals surface area contributed by atoms with E-state index >= 15 is 0 Å². The quantitative estimate of drug-likeness (QED) is 0.474. The van der Waals surface area contributed by atoms with Gasteiger partial charge < -0.3 is 11.1 Å². The average molecular weight is 526 g/mol. The average Bonchev–Trinajstić information content (AvgIpc) is 2.62. The van der Waals surface area contributed by atoms with Crippen molar-refractivity contribution in [2.75, 3.05) is 23.9 Å². The summed E-state index contributed by atoms with van der Waals surface area (Å²) < 4.78 is 38.2. The Morgan fingerprint density at radius 2 is 1.93 bits per heavy atom. The standard InChI is InChI=1S/C20H20FIN4O2S/c1-12-14(4-3-5-16(12)22)17-11-19(26-20(23)25-17)24-9-8-13-6-7-18(15(21)10-13)29(2,27)28/h3-7,10-11H,8-9H2,1-2H3,(H3,23,24,25,26). The normalized spacial score (nSPS) is 11.4. The van der Waals surface area contributed by atoms with E-state index in [1.165, 1.54) is 12.1 Å². The zero-order valence-corrected chi connectivity index (χ0v) is 18.9. The monoisotopic (exact) mass is 526 g/mol. The first-order valence-corrected chi connectivity index (χ1v) is 11.7. The number of benzene rings is 2. The highest BCUT2D eigenvalue weighted by atomic mass is 127. The van der Waals surface area contributed by atoms with Crippen LogP contribution in [0.4, 0.5) is 16.2 Å². The molecule has 0 saturated heterocycles. The van der Waals surface area contributed by atoms with Crippen LogP contribution in [-0.4, -0.2) is 31.2 Å². The number of halogens is 2. The predicted molar refractivity (Wildman–Crippen MR) is 121 cm³/mol. The van der Waals surface area contributed by atoms with Gasteiger partial charge in [0.25, 0.3) is 0 Å². The lowest BCUT2D eigenvalue weighted by Gasteiger charge is -2.11. The Labute approximate surface area is 182 Å². The molecule has 2 aromatic carbocycles. The molecule has 0 fully saturated rings. The predicted octanol–water partition coefficient (Wildman–Crippen LogP) is 3.84. The van der Waals surface area contributed by atoms with Crippen LogP contribution in [0.1, 0.15) is 11.1 Å². The first-order chi connectivity index (χ1) is 13.6. The molecular formula is C20H20FIN4O2S. The van der Waals surface area contributed by atoms with E-state index in [0.29, 0.717) is 24.3 Å².